The van der Waals surface area contributed by atoms with Crippen LogP contribution in [-0.4, -0.2) is 22.4 Å². The van der Waals surface area contributed by atoms with Crippen molar-refractivity contribution < 1.29 is 10.2 Å². The van der Waals surface area contributed by atoms with E-state index in [-0.39, 0.29) is 5.75 Å². The van der Waals surface area contributed by atoms with Gasteiger partial charge in [0, 0.05) is 18.7 Å². The summed E-state index contributed by atoms with van der Waals surface area (Å²) in [5, 5.41) is 23.6. The van der Waals surface area contributed by atoms with Gasteiger partial charge in [0.1, 0.15) is 5.75 Å². The number of phenols is 1. The Labute approximate surface area is 123 Å². The molecule has 3 nitrogen and oxygen atoms in total. The summed E-state index contributed by atoms with van der Waals surface area (Å²) in [5.41, 5.74) is 0.274. The van der Waals surface area contributed by atoms with Gasteiger partial charge in [0.15, 0.2) is 0 Å². The van der Waals surface area contributed by atoms with Crippen molar-refractivity contribution in [1.82, 2.24) is 5.32 Å². The molecule has 1 aromatic rings. The normalized spacial score (nSPS) is 27.4. The van der Waals surface area contributed by atoms with Crippen LogP contribution in [-0.2, 0) is 6.54 Å². The Bertz CT molecular complexity index is 428. The lowest BCUT2D eigenvalue weighted by Gasteiger charge is -2.35. The quantitative estimate of drug-likeness (QED) is 0.796. The summed E-state index contributed by atoms with van der Waals surface area (Å²) in [6.45, 7) is 3.40. The number of aliphatic hydroxyl groups is 1. The highest BCUT2D eigenvalue weighted by molar-refractivity contribution is 9.10. The maximum absolute atomic E-state index is 10.5. The fraction of sp³-hybridized carbons (Fsp3) is 0.600. The van der Waals surface area contributed by atoms with E-state index in [2.05, 4.69) is 28.2 Å². The summed E-state index contributed by atoms with van der Waals surface area (Å²) in [6, 6.07) is 5.60. The van der Waals surface area contributed by atoms with Crippen molar-refractivity contribution in [3.05, 3.63) is 28.2 Å². The van der Waals surface area contributed by atoms with Crippen molar-refractivity contribution in [2.24, 2.45) is 5.92 Å². The highest BCUT2D eigenvalue weighted by Crippen LogP contribution is 2.31. The number of hydrogen-bond acceptors (Lipinski definition) is 3. The Morgan fingerprint density at radius 2 is 2.05 bits per heavy atom. The number of rotatable bonds is 4. The zero-order valence-corrected chi connectivity index (χ0v) is 12.9. The molecule has 0 radical (unpaired) electrons. The van der Waals surface area contributed by atoms with Crippen LogP contribution in [0, 0.1) is 5.92 Å². The SMILES string of the molecule is CC1CCC(O)(CNCc2cccc(Br)c2O)CC1. The fourth-order valence-electron chi connectivity index (χ4n) is 2.61. The van der Waals surface area contributed by atoms with E-state index in [0.29, 0.717) is 17.6 Å². The van der Waals surface area contributed by atoms with Crippen molar-refractivity contribution in [2.45, 2.75) is 44.8 Å². The van der Waals surface area contributed by atoms with Crippen LogP contribution in [0.4, 0.5) is 0 Å². The van der Waals surface area contributed by atoms with Crippen LogP contribution < -0.4 is 5.32 Å². The van der Waals surface area contributed by atoms with Gasteiger partial charge in [-0.25, -0.2) is 0 Å². The maximum atomic E-state index is 10.5. The minimum atomic E-state index is -0.575. The first kappa shape index (κ1) is 14.8. The van der Waals surface area contributed by atoms with Gasteiger partial charge in [-0.3, -0.25) is 0 Å². The minimum absolute atomic E-state index is 0.277. The van der Waals surface area contributed by atoms with Crippen LogP contribution in [0.3, 0.4) is 0 Å². The second kappa shape index (κ2) is 6.25. The summed E-state index contributed by atoms with van der Waals surface area (Å²) in [7, 11) is 0. The van der Waals surface area contributed by atoms with Gasteiger partial charge in [-0.15, -0.1) is 0 Å². The summed E-state index contributed by atoms with van der Waals surface area (Å²) >= 11 is 3.30. The Morgan fingerprint density at radius 3 is 2.74 bits per heavy atom. The Morgan fingerprint density at radius 1 is 1.37 bits per heavy atom. The zero-order valence-electron chi connectivity index (χ0n) is 11.3. The number of halogens is 1. The van der Waals surface area contributed by atoms with E-state index in [1.807, 2.05) is 18.2 Å². The van der Waals surface area contributed by atoms with Gasteiger partial charge in [-0.2, -0.15) is 0 Å². The third kappa shape index (κ3) is 3.94. The van der Waals surface area contributed by atoms with Crippen molar-refractivity contribution in [2.75, 3.05) is 6.54 Å². The molecular formula is C15H22BrNO2. The molecule has 0 unspecified atom stereocenters. The number of hydrogen-bond donors (Lipinski definition) is 3. The topological polar surface area (TPSA) is 52.5 Å². The van der Waals surface area contributed by atoms with E-state index in [9.17, 15) is 10.2 Å². The predicted octanol–water partition coefficient (Wildman–Crippen LogP) is 3.19. The molecule has 0 atom stereocenters. The Balaban J connectivity index is 1.85. The lowest BCUT2D eigenvalue weighted by atomic mass is 9.79. The largest absolute Gasteiger partial charge is 0.506 e. The van der Waals surface area contributed by atoms with Crippen molar-refractivity contribution in [3.63, 3.8) is 0 Å². The lowest BCUT2D eigenvalue weighted by Crippen LogP contribution is -2.43. The molecule has 4 heteroatoms. The van der Waals surface area contributed by atoms with Gasteiger partial charge in [0.05, 0.1) is 10.1 Å². The first-order valence-electron chi connectivity index (χ1n) is 6.90. The Hall–Kier alpha value is -0.580. The smallest absolute Gasteiger partial charge is 0.134 e. The average Bonchev–Trinajstić information content (AvgIpc) is 2.39. The number of nitrogens with one attached hydrogen (secondary N) is 1. The van der Waals surface area contributed by atoms with Crippen LogP contribution >= 0.6 is 15.9 Å². The highest BCUT2D eigenvalue weighted by atomic mass is 79.9. The number of para-hydroxylation sites is 1. The number of aromatic hydroxyl groups is 1. The third-order valence-electron chi connectivity index (χ3n) is 4.04. The van der Waals surface area contributed by atoms with Gasteiger partial charge in [0.2, 0.25) is 0 Å². The molecule has 19 heavy (non-hydrogen) atoms. The van der Waals surface area contributed by atoms with Gasteiger partial charge in [0.25, 0.3) is 0 Å². The third-order valence-corrected chi connectivity index (χ3v) is 4.68. The fourth-order valence-corrected chi connectivity index (χ4v) is 3.02. The molecule has 0 heterocycles. The van der Waals surface area contributed by atoms with Crippen LogP contribution in [0.25, 0.3) is 0 Å². The lowest BCUT2D eigenvalue weighted by molar-refractivity contribution is -0.00633. The second-order valence-corrected chi connectivity index (χ2v) is 6.61. The van der Waals surface area contributed by atoms with Crippen LogP contribution in [0.15, 0.2) is 22.7 Å². The van der Waals surface area contributed by atoms with E-state index in [1.54, 1.807) is 0 Å². The van der Waals surface area contributed by atoms with Gasteiger partial charge in [-0.1, -0.05) is 19.1 Å². The molecule has 1 aliphatic carbocycles. The molecule has 0 amide bonds. The van der Waals surface area contributed by atoms with Crippen LogP contribution in [0.5, 0.6) is 5.75 Å². The predicted molar refractivity (Wildman–Crippen MR) is 80.1 cm³/mol. The summed E-state index contributed by atoms with van der Waals surface area (Å²) in [4.78, 5) is 0. The van der Waals surface area contributed by atoms with Crippen molar-refractivity contribution in [3.8, 4) is 5.75 Å². The molecule has 0 saturated heterocycles. The molecule has 0 aliphatic heterocycles. The molecule has 106 valence electrons. The average molecular weight is 328 g/mol. The minimum Gasteiger partial charge on any atom is -0.506 e. The highest BCUT2D eigenvalue weighted by Gasteiger charge is 2.31. The summed E-state index contributed by atoms with van der Waals surface area (Å²) in [6.07, 6.45) is 3.93. The Kier molecular flexibility index (Phi) is 4.87. The zero-order chi connectivity index (χ0) is 13.9. The molecule has 1 aromatic carbocycles. The molecule has 0 spiro atoms. The van der Waals surface area contributed by atoms with Gasteiger partial charge >= 0.3 is 0 Å². The first-order valence-corrected chi connectivity index (χ1v) is 7.69. The monoisotopic (exact) mass is 327 g/mol. The molecule has 3 N–H and O–H groups in total. The standard InChI is InChI=1S/C15H22BrNO2/c1-11-5-7-15(19,8-6-11)10-17-9-12-3-2-4-13(16)14(12)18/h2-4,11,17-19H,5-10H2,1H3. The van der Waals surface area contributed by atoms with Crippen LogP contribution in [0.1, 0.15) is 38.2 Å². The number of phenolic OH excluding ortho intramolecular Hbond substituents is 1. The molecule has 0 bridgehead atoms. The van der Waals surface area contributed by atoms with Gasteiger partial charge in [-0.05, 0) is 53.6 Å². The molecule has 1 fully saturated rings. The molecule has 1 aliphatic rings. The van der Waals surface area contributed by atoms with Gasteiger partial charge < -0.3 is 15.5 Å². The van der Waals surface area contributed by atoms with E-state index >= 15 is 0 Å². The maximum Gasteiger partial charge on any atom is 0.134 e. The van der Waals surface area contributed by atoms with E-state index in [4.69, 9.17) is 0 Å². The van der Waals surface area contributed by atoms with Crippen molar-refractivity contribution >= 4 is 15.9 Å². The number of benzene rings is 1. The summed E-state index contributed by atoms with van der Waals surface area (Å²) in [5.74, 6) is 1.01. The van der Waals surface area contributed by atoms with Crippen LogP contribution in [0.2, 0.25) is 0 Å². The molecule has 0 aromatic heterocycles. The molecular weight excluding hydrogens is 306 g/mol. The summed E-state index contributed by atoms with van der Waals surface area (Å²) < 4.78 is 0.706. The second-order valence-electron chi connectivity index (χ2n) is 5.76. The van der Waals surface area contributed by atoms with E-state index in [1.165, 1.54) is 0 Å². The van der Waals surface area contributed by atoms with Crippen molar-refractivity contribution in [1.29, 1.82) is 0 Å². The molecule has 1 saturated carbocycles. The molecule has 2 rings (SSSR count). The first-order chi connectivity index (χ1) is 9.00. The van der Waals surface area contributed by atoms with E-state index in [0.717, 1.165) is 37.2 Å². The van der Waals surface area contributed by atoms with E-state index < -0.39 is 5.60 Å².